The number of nitrogens with one attached hydrogen (secondary N) is 1. The smallest absolute Gasteiger partial charge is 0.250 e. The van der Waals surface area contributed by atoms with Gasteiger partial charge in [0.25, 0.3) is 5.91 Å². The molecule has 3 aromatic rings. The second kappa shape index (κ2) is 4.57. The van der Waals surface area contributed by atoms with Crippen LogP contribution in [0.5, 0.6) is 0 Å². The van der Waals surface area contributed by atoms with Crippen LogP contribution in [0.15, 0.2) is 48.5 Å². The zero-order valence-electron chi connectivity index (χ0n) is 10.3. The number of H-pyrrole nitrogens is 1. The van der Waals surface area contributed by atoms with Crippen molar-refractivity contribution >= 4 is 16.9 Å². The van der Waals surface area contributed by atoms with Gasteiger partial charge in [0.2, 0.25) is 0 Å². The molecule has 4 heteroatoms. The number of fused-ring (bicyclic) bond motifs is 1. The van der Waals surface area contributed by atoms with Gasteiger partial charge in [-0.1, -0.05) is 36.4 Å². The minimum absolute atomic E-state index is 0.452. The van der Waals surface area contributed by atoms with Crippen LogP contribution in [-0.2, 0) is 6.42 Å². The Bertz CT molecular complexity index is 731. The van der Waals surface area contributed by atoms with Gasteiger partial charge in [0, 0.05) is 6.42 Å². The van der Waals surface area contributed by atoms with Crippen molar-refractivity contribution < 1.29 is 4.79 Å². The van der Waals surface area contributed by atoms with Gasteiger partial charge in [0.15, 0.2) is 0 Å². The highest BCUT2D eigenvalue weighted by Gasteiger charge is 2.10. The molecule has 3 N–H and O–H groups in total. The van der Waals surface area contributed by atoms with E-state index in [0.717, 1.165) is 11.3 Å². The maximum absolute atomic E-state index is 11.4. The van der Waals surface area contributed by atoms with Crippen molar-refractivity contribution in [3.05, 3.63) is 65.5 Å². The summed E-state index contributed by atoms with van der Waals surface area (Å²) in [6.07, 6.45) is 0.702. The average Bonchev–Trinajstić information content (AvgIpc) is 2.81. The molecule has 0 spiro atoms. The molecule has 0 fully saturated rings. The topological polar surface area (TPSA) is 71.8 Å². The van der Waals surface area contributed by atoms with Gasteiger partial charge in [-0.25, -0.2) is 4.98 Å². The molecule has 3 rings (SSSR count). The van der Waals surface area contributed by atoms with Gasteiger partial charge in [0.05, 0.1) is 11.1 Å². The second-order valence-corrected chi connectivity index (χ2v) is 4.41. The standard InChI is InChI=1S/C15H13N3O/c16-15(19)11-7-4-8-12-14(11)18-13(17-12)9-10-5-2-1-3-6-10/h1-8H,9H2,(H2,16,19)(H,17,18). The Balaban J connectivity index is 2.03. The largest absolute Gasteiger partial charge is 0.366 e. The summed E-state index contributed by atoms with van der Waals surface area (Å²) in [6.45, 7) is 0. The van der Waals surface area contributed by atoms with E-state index in [1.165, 1.54) is 5.56 Å². The molecule has 19 heavy (non-hydrogen) atoms. The van der Waals surface area contributed by atoms with Crippen LogP contribution in [-0.4, -0.2) is 15.9 Å². The molecule has 0 aliphatic rings. The third-order valence-electron chi connectivity index (χ3n) is 3.04. The fourth-order valence-corrected chi connectivity index (χ4v) is 2.15. The molecule has 0 radical (unpaired) electrons. The van der Waals surface area contributed by atoms with Crippen LogP contribution in [0, 0.1) is 0 Å². The lowest BCUT2D eigenvalue weighted by Gasteiger charge is -1.96. The SMILES string of the molecule is NC(=O)c1cccc2[nH]c(Cc3ccccc3)nc12. The highest BCUT2D eigenvalue weighted by molar-refractivity contribution is 6.04. The molecule has 1 heterocycles. The van der Waals surface area contributed by atoms with Crippen LogP contribution in [0.2, 0.25) is 0 Å². The summed E-state index contributed by atoms with van der Waals surface area (Å²) in [4.78, 5) is 19.0. The minimum Gasteiger partial charge on any atom is -0.366 e. The molecule has 1 aromatic heterocycles. The van der Waals surface area contributed by atoms with E-state index in [1.807, 2.05) is 36.4 Å². The maximum atomic E-state index is 11.4. The van der Waals surface area contributed by atoms with Crippen LogP contribution < -0.4 is 5.73 Å². The summed E-state index contributed by atoms with van der Waals surface area (Å²) in [5.74, 6) is 0.373. The van der Waals surface area contributed by atoms with Gasteiger partial charge in [-0.2, -0.15) is 0 Å². The van der Waals surface area contributed by atoms with E-state index < -0.39 is 5.91 Å². The lowest BCUT2D eigenvalue weighted by molar-refractivity contribution is 0.100. The first kappa shape index (κ1) is 11.5. The quantitative estimate of drug-likeness (QED) is 0.749. The predicted molar refractivity (Wildman–Crippen MR) is 73.9 cm³/mol. The Kier molecular flexibility index (Phi) is 2.76. The molecular formula is C15H13N3O. The van der Waals surface area contributed by atoms with E-state index in [1.54, 1.807) is 12.1 Å². The van der Waals surface area contributed by atoms with Crippen LogP contribution in [0.3, 0.4) is 0 Å². The first-order chi connectivity index (χ1) is 9.24. The lowest BCUT2D eigenvalue weighted by Crippen LogP contribution is -2.11. The highest BCUT2D eigenvalue weighted by atomic mass is 16.1. The van der Waals surface area contributed by atoms with Crippen molar-refractivity contribution in [2.24, 2.45) is 5.73 Å². The highest BCUT2D eigenvalue weighted by Crippen LogP contribution is 2.17. The van der Waals surface area contributed by atoms with E-state index in [9.17, 15) is 4.79 Å². The zero-order valence-corrected chi connectivity index (χ0v) is 10.3. The molecule has 94 valence electrons. The van der Waals surface area contributed by atoms with Crippen LogP contribution in [0.1, 0.15) is 21.7 Å². The first-order valence-electron chi connectivity index (χ1n) is 6.05. The van der Waals surface area contributed by atoms with Gasteiger partial charge in [-0.15, -0.1) is 0 Å². The number of para-hydroxylation sites is 1. The van der Waals surface area contributed by atoms with Crippen molar-refractivity contribution in [2.45, 2.75) is 6.42 Å². The Morgan fingerprint density at radius 1 is 1.11 bits per heavy atom. The summed E-state index contributed by atoms with van der Waals surface area (Å²) in [5, 5.41) is 0. The third-order valence-corrected chi connectivity index (χ3v) is 3.04. The molecule has 0 saturated heterocycles. The summed E-state index contributed by atoms with van der Waals surface area (Å²) >= 11 is 0. The van der Waals surface area contributed by atoms with Crippen molar-refractivity contribution in [2.75, 3.05) is 0 Å². The van der Waals surface area contributed by atoms with E-state index in [-0.39, 0.29) is 0 Å². The zero-order chi connectivity index (χ0) is 13.2. The Morgan fingerprint density at radius 2 is 1.89 bits per heavy atom. The Labute approximate surface area is 110 Å². The Hall–Kier alpha value is -2.62. The number of carbonyl (C=O) groups excluding carboxylic acids is 1. The number of nitrogens with two attached hydrogens (primary N) is 1. The van der Waals surface area contributed by atoms with Gasteiger partial charge >= 0.3 is 0 Å². The van der Waals surface area contributed by atoms with Gasteiger partial charge < -0.3 is 10.7 Å². The number of rotatable bonds is 3. The van der Waals surface area contributed by atoms with Crippen molar-refractivity contribution in [1.29, 1.82) is 0 Å². The average molecular weight is 251 g/mol. The van der Waals surface area contributed by atoms with Crippen LogP contribution in [0.25, 0.3) is 11.0 Å². The molecule has 2 aromatic carbocycles. The third kappa shape index (κ3) is 2.20. The summed E-state index contributed by atoms with van der Waals surface area (Å²) in [7, 11) is 0. The fraction of sp³-hybridized carbons (Fsp3) is 0.0667. The number of carbonyl (C=O) groups is 1. The number of amides is 1. The summed E-state index contributed by atoms with van der Waals surface area (Å²) in [6, 6.07) is 15.4. The predicted octanol–water partition coefficient (Wildman–Crippen LogP) is 2.25. The number of imidazole rings is 1. The van der Waals surface area contributed by atoms with E-state index >= 15 is 0 Å². The molecule has 0 bridgehead atoms. The molecule has 0 unspecified atom stereocenters. The van der Waals surface area contributed by atoms with Crippen LogP contribution in [0.4, 0.5) is 0 Å². The Morgan fingerprint density at radius 3 is 2.63 bits per heavy atom. The molecule has 0 saturated carbocycles. The monoisotopic (exact) mass is 251 g/mol. The van der Waals surface area contributed by atoms with Gasteiger partial charge in [-0.05, 0) is 17.7 Å². The summed E-state index contributed by atoms with van der Waals surface area (Å²) < 4.78 is 0. The van der Waals surface area contributed by atoms with Crippen LogP contribution >= 0.6 is 0 Å². The molecule has 1 amide bonds. The first-order valence-corrected chi connectivity index (χ1v) is 6.05. The van der Waals surface area contributed by atoms with E-state index in [0.29, 0.717) is 17.5 Å². The maximum Gasteiger partial charge on any atom is 0.250 e. The van der Waals surface area contributed by atoms with Crippen molar-refractivity contribution in [3.8, 4) is 0 Å². The molecule has 0 aliphatic heterocycles. The summed E-state index contributed by atoms with van der Waals surface area (Å²) in [5.41, 5.74) is 8.44. The number of hydrogen-bond donors (Lipinski definition) is 2. The van der Waals surface area contributed by atoms with Gasteiger partial charge in [-0.3, -0.25) is 4.79 Å². The normalized spacial score (nSPS) is 10.7. The van der Waals surface area contributed by atoms with Crippen molar-refractivity contribution in [3.63, 3.8) is 0 Å². The molecular weight excluding hydrogens is 238 g/mol. The number of aromatic amines is 1. The molecule has 0 aliphatic carbocycles. The molecule has 0 atom stereocenters. The minimum atomic E-state index is -0.455. The van der Waals surface area contributed by atoms with E-state index in [2.05, 4.69) is 9.97 Å². The van der Waals surface area contributed by atoms with E-state index in [4.69, 9.17) is 5.73 Å². The van der Waals surface area contributed by atoms with Gasteiger partial charge in [0.1, 0.15) is 11.3 Å². The lowest BCUT2D eigenvalue weighted by atomic mass is 10.1. The van der Waals surface area contributed by atoms with Crippen molar-refractivity contribution in [1.82, 2.24) is 9.97 Å². The number of primary amides is 1. The second-order valence-electron chi connectivity index (χ2n) is 4.41. The number of aromatic nitrogens is 2. The number of benzene rings is 2. The number of nitrogens with zero attached hydrogens (tertiary/aromatic N) is 1. The number of hydrogen-bond acceptors (Lipinski definition) is 2. The fourth-order valence-electron chi connectivity index (χ4n) is 2.15. The molecule has 4 nitrogen and oxygen atoms in total.